The van der Waals surface area contributed by atoms with E-state index in [-0.39, 0.29) is 18.3 Å². The van der Waals surface area contributed by atoms with Crippen molar-refractivity contribution in [3.63, 3.8) is 0 Å². The van der Waals surface area contributed by atoms with Crippen molar-refractivity contribution in [2.24, 2.45) is 0 Å². The fraction of sp³-hybridized carbons (Fsp3) is 0.533. The second-order valence-electron chi connectivity index (χ2n) is 4.95. The van der Waals surface area contributed by atoms with Crippen LogP contribution in [0.2, 0.25) is 0 Å². The molecule has 1 amide bonds. The van der Waals surface area contributed by atoms with E-state index in [2.05, 4.69) is 10.6 Å². The summed E-state index contributed by atoms with van der Waals surface area (Å²) >= 11 is 0. The Labute approximate surface area is 126 Å². The maximum Gasteiger partial charge on any atom is 0.225 e. The summed E-state index contributed by atoms with van der Waals surface area (Å²) in [6.45, 7) is 0.689. The maximum absolute atomic E-state index is 11.6. The number of halogens is 1. The van der Waals surface area contributed by atoms with E-state index in [1.807, 2.05) is 31.3 Å². The molecule has 1 aromatic carbocycles. The molecule has 1 saturated carbocycles. The van der Waals surface area contributed by atoms with Gasteiger partial charge in [0.2, 0.25) is 5.91 Å². The summed E-state index contributed by atoms with van der Waals surface area (Å²) in [6, 6.07) is 7.63. The van der Waals surface area contributed by atoms with Gasteiger partial charge in [-0.25, -0.2) is 0 Å². The van der Waals surface area contributed by atoms with Crippen LogP contribution in [0.5, 0.6) is 5.75 Å². The molecule has 1 aliphatic carbocycles. The highest BCUT2D eigenvalue weighted by atomic mass is 35.5. The summed E-state index contributed by atoms with van der Waals surface area (Å²) in [6.07, 6.45) is 5.70. The Bertz CT molecular complexity index is 403. The summed E-state index contributed by atoms with van der Waals surface area (Å²) in [5, 5.41) is 5.82. The van der Waals surface area contributed by atoms with E-state index in [4.69, 9.17) is 4.74 Å². The Morgan fingerprint density at radius 3 is 2.50 bits per heavy atom. The van der Waals surface area contributed by atoms with Gasteiger partial charge in [-0.15, -0.1) is 12.4 Å². The van der Waals surface area contributed by atoms with Gasteiger partial charge >= 0.3 is 0 Å². The molecule has 20 heavy (non-hydrogen) atoms. The Morgan fingerprint density at radius 1 is 1.25 bits per heavy atom. The third-order valence-electron chi connectivity index (χ3n) is 3.35. The average Bonchev–Trinajstić information content (AvgIpc) is 2.91. The van der Waals surface area contributed by atoms with Crippen LogP contribution in [-0.2, 0) is 4.79 Å². The average molecular weight is 299 g/mol. The first-order valence-electron chi connectivity index (χ1n) is 6.99. The number of nitrogens with one attached hydrogen (secondary N) is 2. The second kappa shape index (κ2) is 8.82. The summed E-state index contributed by atoms with van der Waals surface area (Å²) < 4.78 is 5.88. The van der Waals surface area contributed by atoms with Crippen LogP contribution >= 0.6 is 12.4 Å². The first kappa shape index (κ1) is 16.8. The highest BCUT2D eigenvalue weighted by molar-refractivity contribution is 5.90. The van der Waals surface area contributed by atoms with Crippen LogP contribution in [0.1, 0.15) is 32.1 Å². The van der Waals surface area contributed by atoms with E-state index in [0.29, 0.717) is 19.1 Å². The van der Waals surface area contributed by atoms with Crippen LogP contribution in [-0.4, -0.2) is 25.6 Å². The van der Waals surface area contributed by atoms with Gasteiger partial charge in [0.15, 0.2) is 0 Å². The molecule has 0 unspecified atom stereocenters. The van der Waals surface area contributed by atoms with Crippen molar-refractivity contribution >= 4 is 24.0 Å². The Morgan fingerprint density at radius 2 is 1.90 bits per heavy atom. The van der Waals surface area contributed by atoms with Gasteiger partial charge in [0, 0.05) is 18.7 Å². The van der Waals surface area contributed by atoms with Crippen molar-refractivity contribution < 1.29 is 9.53 Å². The number of hydrogen-bond donors (Lipinski definition) is 2. The number of benzene rings is 1. The predicted octanol–water partition coefficient (Wildman–Crippen LogP) is 2.98. The lowest BCUT2D eigenvalue weighted by Gasteiger charge is -2.13. The lowest BCUT2D eigenvalue weighted by Crippen LogP contribution is -2.18. The minimum absolute atomic E-state index is 0. The van der Waals surface area contributed by atoms with Crippen molar-refractivity contribution in [2.45, 2.75) is 38.2 Å². The first-order chi connectivity index (χ1) is 9.28. The third kappa shape index (κ3) is 5.39. The summed E-state index contributed by atoms with van der Waals surface area (Å²) in [5.74, 6) is 0.916. The van der Waals surface area contributed by atoms with Crippen LogP contribution in [0.4, 0.5) is 5.69 Å². The number of ether oxygens (including phenoxy) is 1. The normalized spacial score (nSPS) is 14.7. The largest absolute Gasteiger partial charge is 0.490 e. The number of amides is 1. The molecule has 0 saturated heterocycles. The zero-order chi connectivity index (χ0) is 13.5. The van der Waals surface area contributed by atoms with Crippen molar-refractivity contribution in [3.05, 3.63) is 24.3 Å². The molecule has 1 aromatic rings. The van der Waals surface area contributed by atoms with E-state index in [1.54, 1.807) is 0 Å². The smallest absolute Gasteiger partial charge is 0.225 e. The summed E-state index contributed by atoms with van der Waals surface area (Å²) in [7, 11) is 1.84. The molecule has 0 bridgehead atoms. The highest BCUT2D eigenvalue weighted by Crippen LogP contribution is 2.24. The molecule has 0 aromatic heterocycles. The third-order valence-corrected chi connectivity index (χ3v) is 3.35. The van der Waals surface area contributed by atoms with Crippen LogP contribution in [0.15, 0.2) is 24.3 Å². The van der Waals surface area contributed by atoms with Crippen LogP contribution in [0, 0.1) is 0 Å². The summed E-state index contributed by atoms with van der Waals surface area (Å²) in [5.41, 5.74) is 0.819. The minimum Gasteiger partial charge on any atom is -0.490 e. The molecule has 5 heteroatoms. The molecule has 2 rings (SSSR count). The Hall–Kier alpha value is -1.26. The molecule has 0 spiro atoms. The number of carbonyl (C=O) groups excluding carboxylic acids is 1. The molecular formula is C15H23ClN2O2. The standard InChI is InChI=1S/C15H22N2O2.ClH/c1-16-11-10-15(18)17-12-6-8-14(9-7-12)19-13-4-2-3-5-13;/h6-9,13,16H,2-5,10-11H2,1H3,(H,17,18);1H. The topological polar surface area (TPSA) is 50.4 Å². The molecule has 2 N–H and O–H groups in total. The van der Waals surface area contributed by atoms with Gasteiger partial charge in [-0.05, 0) is 57.0 Å². The lowest BCUT2D eigenvalue weighted by atomic mass is 10.2. The van der Waals surface area contributed by atoms with Crippen molar-refractivity contribution in [1.29, 1.82) is 0 Å². The predicted molar refractivity (Wildman–Crippen MR) is 83.7 cm³/mol. The summed E-state index contributed by atoms with van der Waals surface area (Å²) in [4.78, 5) is 11.6. The van der Waals surface area contributed by atoms with Gasteiger partial charge in [0.05, 0.1) is 6.10 Å². The van der Waals surface area contributed by atoms with Gasteiger partial charge in [-0.3, -0.25) is 4.79 Å². The zero-order valence-electron chi connectivity index (χ0n) is 11.9. The molecule has 0 heterocycles. The van der Waals surface area contributed by atoms with Gasteiger partial charge in [0.25, 0.3) is 0 Å². The molecule has 0 atom stereocenters. The zero-order valence-corrected chi connectivity index (χ0v) is 12.7. The van der Waals surface area contributed by atoms with Crippen molar-refractivity contribution in [2.75, 3.05) is 18.9 Å². The molecule has 112 valence electrons. The van der Waals surface area contributed by atoms with Gasteiger partial charge in [0.1, 0.15) is 5.75 Å². The van der Waals surface area contributed by atoms with Gasteiger partial charge < -0.3 is 15.4 Å². The van der Waals surface area contributed by atoms with Crippen molar-refractivity contribution in [1.82, 2.24) is 5.32 Å². The van der Waals surface area contributed by atoms with E-state index < -0.39 is 0 Å². The van der Waals surface area contributed by atoms with Crippen LogP contribution in [0.25, 0.3) is 0 Å². The van der Waals surface area contributed by atoms with Crippen molar-refractivity contribution in [3.8, 4) is 5.75 Å². The van der Waals surface area contributed by atoms with E-state index in [9.17, 15) is 4.79 Å². The van der Waals surface area contributed by atoms with Crippen LogP contribution < -0.4 is 15.4 Å². The fourth-order valence-corrected chi connectivity index (χ4v) is 2.28. The lowest BCUT2D eigenvalue weighted by molar-refractivity contribution is -0.116. The van der Waals surface area contributed by atoms with Gasteiger partial charge in [-0.1, -0.05) is 0 Å². The molecule has 1 fully saturated rings. The SMILES string of the molecule is CNCCC(=O)Nc1ccc(OC2CCCC2)cc1.Cl. The molecule has 0 aliphatic heterocycles. The quantitative estimate of drug-likeness (QED) is 0.849. The number of hydrogen-bond acceptors (Lipinski definition) is 3. The molecule has 0 radical (unpaired) electrons. The number of carbonyl (C=O) groups is 1. The monoisotopic (exact) mass is 298 g/mol. The van der Waals surface area contributed by atoms with Gasteiger partial charge in [-0.2, -0.15) is 0 Å². The maximum atomic E-state index is 11.6. The molecule has 1 aliphatic rings. The van der Waals surface area contributed by atoms with E-state index >= 15 is 0 Å². The minimum atomic E-state index is 0. The fourth-order valence-electron chi connectivity index (χ4n) is 2.28. The molecular weight excluding hydrogens is 276 g/mol. The second-order valence-corrected chi connectivity index (χ2v) is 4.95. The molecule has 4 nitrogen and oxygen atoms in total. The number of anilines is 1. The van der Waals surface area contributed by atoms with Crippen LogP contribution in [0.3, 0.4) is 0 Å². The number of rotatable bonds is 6. The Kier molecular flexibility index (Phi) is 7.41. The first-order valence-corrected chi connectivity index (χ1v) is 6.99. The Balaban J connectivity index is 0.00000200. The van der Waals surface area contributed by atoms with E-state index in [1.165, 1.54) is 12.8 Å². The highest BCUT2D eigenvalue weighted by Gasteiger charge is 2.16. The van der Waals surface area contributed by atoms with E-state index in [0.717, 1.165) is 24.3 Å².